The van der Waals surface area contributed by atoms with Crippen LogP contribution in [0.15, 0.2) is 54.6 Å². The van der Waals surface area contributed by atoms with Crippen molar-refractivity contribution < 1.29 is 0 Å². The zero-order valence-electron chi connectivity index (χ0n) is 11.4. The Kier molecular flexibility index (Phi) is 3.47. The summed E-state index contributed by atoms with van der Waals surface area (Å²) in [5.74, 6) is 0. The smallest absolute Gasteiger partial charge is 0.0484 e. The van der Waals surface area contributed by atoms with Crippen LogP contribution in [0.5, 0.6) is 0 Å². The molecule has 0 aliphatic carbocycles. The van der Waals surface area contributed by atoms with Crippen LogP contribution in [0.2, 0.25) is 5.02 Å². The predicted octanol–water partition coefficient (Wildman–Crippen LogP) is 4.93. The number of aryl methyl sites for hydroxylation is 1. The first-order chi connectivity index (χ1) is 9.70. The molecule has 0 atom stereocenters. The van der Waals surface area contributed by atoms with Crippen molar-refractivity contribution in [1.29, 1.82) is 0 Å². The van der Waals surface area contributed by atoms with Gasteiger partial charge in [0.15, 0.2) is 0 Å². The monoisotopic (exact) mass is 281 g/mol. The molecule has 2 N–H and O–H groups in total. The van der Waals surface area contributed by atoms with E-state index in [0.29, 0.717) is 6.54 Å². The molecule has 0 aliphatic heterocycles. The Morgan fingerprint density at radius 1 is 0.900 bits per heavy atom. The number of hydrogen-bond donors (Lipinski definition) is 1. The molecule has 0 bridgehead atoms. The lowest BCUT2D eigenvalue weighted by molar-refractivity contribution is 1.07. The van der Waals surface area contributed by atoms with Gasteiger partial charge in [0.05, 0.1) is 0 Å². The molecule has 0 unspecified atom stereocenters. The third-order valence-corrected chi connectivity index (χ3v) is 4.02. The molecule has 0 radical (unpaired) electrons. The third-order valence-electron chi connectivity index (χ3n) is 3.69. The topological polar surface area (TPSA) is 26.0 Å². The van der Waals surface area contributed by atoms with E-state index in [0.717, 1.165) is 16.0 Å². The van der Waals surface area contributed by atoms with Crippen LogP contribution >= 0.6 is 11.6 Å². The van der Waals surface area contributed by atoms with Crippen molar-refractivity contribution in [2.45, 2.75) is 13.5 Å². The lowest BCUT2D eigenvalue weighted by Crippen LogP contribution is -1.97. The average Bonchev–Trinajstić information content (AvgIpc) is 2.48. The van der Waals surface area contributed by atoms with E-state index in [2.05, 4.69) is 43.3 Å². The molecule has 0 saturated carbocycles. The molecule has 0 saturated heterocycles. The summed E-state index contributed by atoms with van der Waals surface area (Å²) < 4.78 is 0. The molecular weight excluding hydrogens is 266 g/mol. The van der Waals surface area contributed by atoms with Gasteiger partial charge in [0.1, 0.15) is 0 Å². The van der Waals surface area contributed by atoms with E-state index in [1.165, 1.54) is 22.1 Å². The van der Waals surface area contributed by atoms with Crippen molar-refractivity contribution in [3.8, 4) is 11.1 Å². The van der Waals surface area contributed by atoms with Gasteiger partial charge < -0.3 is 5.73 Å². The zero-order valence-corrected chi connectivity index (χ0v) is 12.1. The highest BCUT2D eigenvalue weighted by Gasteiger charge is 2.08. The first-order valence-electron chi connectivity index (χ1n) is 6.68. The second-order valence-electron chi connectivity index (χ2n) is 4.99. The van der Waals surface area contributed by atoms with Crippen LogP contribution in [-0.4, -0.2) is 0 Å². The van der Waals surface area contributed by atoms with Crippen LogP contribution in [0, 0.1) is 6.92 Å². The summed E-state index contributed by atoms with van der Waals surface area (Å²) in [6.07, 6.45) is 0. The molecule has 1 nitrogen and oxygen atoms in total. The number of fused-ring (bicyclic) bond motifs is 1. The fourth-order valence-corrected chi connectivity index (χ4v) is 2.88. The molecule has 2 heteroatoms. The van der Waals surface area contributed by atoms with Gasteiger partial charge in [0.25, 0.3) is 0 Å². The maximum atomic E-state index is 6.29. The Morgan fingerprint density at radius 2 is 1.60 bits per heavy atom. The lowest BCUT2D eigenvalue weighted by atomic mass is 9.94. The van der Waals surface area contributed by atoms with Crippen molar-refractivity contribution in [1.82, 2.24) is 0 Å². The molecule has 0 aromatic heterocycles. The predicted molar refractivity (Wildman–Crippen MR) is 87.0 cm³/mol. The first kappa shape index (κ1) is 13.2. The molecule has 3 aromatic carbocycles. The van der Waals surface area contributed by atoms with E-state index in [9.17, 15) is 0 Å². The van der Waals surface area contributed by atoms with Crippen molar-refractivity contribution in [3.63, 3.8) is 0 Å². The van der Waals surface area contributed by atoms with Crippen molar-refractivity contribution >= 4 is 22.4 Å². The largest absolute Gasteiger partial charge is 0.326 e. The first-order valence-corrected chi connectivity index (χ1v) is 7.05. The minimum absolute atomic E-state index is 0.572. The van der Waals surface area contributed by atoms with Gasteiger partial charge in [-0.1, -0.05) is 60.1 Å². The van der Waals surface area contributed by atoms with E-state index >= 15 is 0 Å². The molecule has 100 valence electrons. The third kappa shape index (κ3) is 2.20. The summed E-state index contributed by atoms with van der Waals surface area (Å²) in [5, 5.41) is 3.07. The van der Waals surface area contributed by atoms with Gasteiger partial charge in [-0.2, -0.15) is 0 Å². The van der Waals surface area contributed by atoms with E-state index in [-0.39, 0.29) is 0 Å². The molecule has 20 heavy (non-hydrogen) atoms. The average molecular weight is 282 g/mol. The fraction of sp³-hybridized carbons (Fsp3) is 0.111. The van der Waals surface area contributed by atoms with Crippen molar-refractivity contribution in [2.24, 2.45) is 5.73 Å². The Hall–Kier alpha value is -1.83. The van der Waals surface area contributed by atoms with Gasteiger partial charge in [-0.15, -0.1) is 0 Å². The Labute approximate surface area is 124 Å². The number of halogens is 1. The van der Waals surface area contributed by atoms with Crippen molar-refractivity contribution in [3.05, 3.63) is 70.7 Å². The van der Waals surface area contributed by atoms with E-state index < -0.39 is 0 Å². The van der Waals surface area contributed by atoms with Crippen LogP contribution in [0.1, 0.15) is 11.1 Å². The molecule has 0 amide bonds. The molecule has 0 aliphatic rings. The van der Waals surface area contributed by atoms with E-state index in [1.54, 1.807) is 0 Å². The molecule has 0 heterocycles. The summed E-state index contributed by atoms with van der Waals surface area (Å²) in [6, 6.07) is 18.7. The summed E-state index contributed by atoms with van der Waals surface area (Å²) in [4.78, 5) is 0. The van der Waals surface area contributed by atoms with Gasteiger partial charge in [-0.3, -0.25) is 0 Å². The highest BCUT2D eigenvalue weighted by atomic mass is 35.5. The highest BCUT2D eigenvalue weighted by molar-refractivity contribution is 6.36. The van der Waals surface area contributed by atoms with Crippen LogP contribution in [0.3, 0.4) is 0 Å². The zero-order chi connectivity index (χ0) is 14.1. The summed E-state index contributed by atoms with van der Waals surface area (Å²) in [6.45, 7) is 2.69. The van der Waals surface area contributed by atoms with Gasteiger partial charge in [0, 0.05) is 17.0 Å². The van der Waals surface area contributed by atoms with Gasteiger partial charge >= 0.3 is 0 Å². The van der Waals surface area contributed by atoms with E-state index in [1.807, 2.05) is 18.2 Å². The van der Waals surface area contributed by atoms with Gasteiger partial charge in [-0.05, 0) is 40.6 Å². The minimum atomic E-state index is 0.572. The van der Waals surface area contributed by atoms with Gasteiger partial charge in [0.2, 0.25) is 0 Å². The summed E-state index contributed by atoms with van der Waals surface area (Å²) in [7, 11) is 0. The number of nitrogens with two attached hydrogens (primary N) is 1. The Morgan fingerprint density at radius 3 is 2.30 bits per heavy atom. The number of rotatable bonds is 2. The maximum absolute atomic E-state index is 6.29. The number of benzene rings is 3. The molecule has 0 fully saturated rings. The van der Waals surface area contributed by atoms with E-state index in [4.69, 9.17) is 17.3 Å². The second-order valence-corrected chi connectivity index (χ2v) is 5.40. The maximum Gasteiger partial charge on any atom is 0.0484 e. The van der Waals surface area contributed by atoms with Crippen LogP contribution in [0.25, 0.3) is 21.9 Å². The minimum Gasteiger partial charge on any atom is -0.326 e. The second kappa shape index (κ2) is 5.28. The molecule has 0 spiro atoms. The summed E-state index contributed by atoms with van der Waals surface area (Å²) in [5.41, 5.74) is 10.5. The summed E-state index contributed by atoms with van der Waals surface area (Å²) >= 11 is 6.29. The standard InChI is InChI=1S/C18H16ClN/c1-12-10-13(11-20)6-7-14(12)16-8-9-18(19)17-5-3-2-4-15(16)17/h2-10H,11,20H2,1H3. The Balaban J connectivity index is 2.27. The quantitative estimate of drug-likeness (QED) is 0.708. The van der Waals surface area contributed by atoms with Crippen LogP contribution < -0.4 is 5.73 Å². The molecular formula is C18H16ClN. The van der Waals surface area contributed by atoms with Crippen LogP contribution in [-0.2, 0) is 6.54 Å². The molecule has 3 rings (SSSR count). The fourth-order valence-electron chi connectivity index (χ4n) is 2.65. The lowest BCUT2D eigenvalue weighted by Gasteiger charge is -2.12. The SMILES string of the molecule is Cc1cc(CN)ccc1-c1ccc(Cl)c2ccccc12. The highest BCUT2D eigenvalue weighted by Crippen LogP contribution is 2.34. The van der Waals surface area contributed by atoms with Crippen LogP contribution in [0.4, 0.5) is 0 Å². The van der Waals surface area contributed by atoms with Gasteiger partial charge in [-0.25, -0.2) is 0 Å². The van der Waals surface area contributed by atoms with Crippen molar-refractivity contribution in [2.75, 3.05) is 0 Å². The molecule has 3 aromatic rings. The number of hydrogen-bond acceptors (Lipinski definition) is 1. The Bertz CT molecular complexity index is 777. The normalized spacial score (nSPS) is 10.9.